The van der Waals surface area contributed by atoms with Gasteiger partial charge in [-0.05, 0) is 37.6 Å². The van der Waals surface area contributed by atoms with E-state index in [1.165, 1.54) is 0 Å². The maximum atomic E-state index is 5.58. The van der Waals surface area contributed by atoms with Crippen LogP contribution in [0.15, 0.2) is 57.5 Å². The van der Waals surface area contributed by atoms with E-state index in [0.29, 0.717) is 6.04 Å². The fourth-order valence-corrected chi connectivity index (χ4v) is 3.40. The molecule has 5 heteroatoms. The first-order valence-corrected chi connectivity index (χ1v) is 8.53. The van der Waals surface area contributed by atoms with Gasteiger partial charge in [0.1, 0.15) is 5.75 Å². The number of benzene rings is 1. The zero-order chi connectivity index (χ0) is 16.2. The molecule has 0 fully saturated rings. The van der Waals surface area contributed by atoms with E-state index in [2.05, 4.69) is 23.8 Å². The van der Waals surface area contributed by atoms with Gasteiger partial charge in [-0.15, -0.1) is 11.3 Å². The molecule has 0 saturated carbocycles. The van der Waals surface area contributed by atoms with E-state index in [9.17, 15) is 0 Å². The third kappa shape index (κ3) is 3.24. The summed E-state index contributed by atoms with van der Waals surface area (Å²) in [5.74, 6) is 1.68. The van der Waals surface area contributed by atoms with Gasteiger partial charge in [0.25, 0.3) is 0 Å². The van der Waals surface area contributed by atoms with E-state index in [-0.39, 0.29) is 0 Å². The quantitative estimate of drug-likeness (QED) is 0.659. The summed E-state index contributed by atoms with van der Waals surface area (Å²) in [5, 5.41) is 2.10. The molecule has 0 aliphatic carbocycles. The fourth-order valence-electron chi connectivity index (χ4n) is 2.41. The molecule has 120 valence electrons. The molecule has 23 heavy (non-hydrogen) atoms. The van der Waals surface area contributed by atoms with Crippen molar-refractivity contribution in [1.29, 1.82) is 0 Å². The Kier molecular flexibility index (Phi) is 4.67. The van der Waals surface area contributed by atoms with Gasteiger partial charge < -0.3 is 13.7 Å². The van der Waals surface area contributed by atoms with E-state index in [1.807, 2.05) is 36.4 Å². The summed E-state index contributed by atoms with van der Waals surface area (Å²) in [5.41, 5.74) is 1.95. The molecule has 2 heterocycles. The largest absolute Gasteiger partial charge is 0.497 e. The van der Waals surface area contributed by atoms with Crippen molar-refractivity contribution in [2.24, 2.45) is 4.99 Å². The molecule has 1 aromatic carbocycles. The molecule has 0 amide bonds. The predicted octanol–water partition coefficient (Wildman–Crippen LogP) is 5.02. The highest BCUT2D eigenvalue weighted by atomic mass is 32.1. The minimum atomic E-state index is 0.339. The molecule has 0 aliphatic rings. The van der Waals surface area contributed by atoms with Crippen molar-refractivity contribution >= 4 is 17.0 Å². The number of thiazole rings is 1. The lowest BCUT2D eigenvalue weighted by atomic mass is 10.2. The van der Waals surface area contributed by atoms with Gasteiger partial charge in [0.2, 0.25) is 0 Å². The van der Waals surface area contributed by atoms with Gasteiger partial charge in [-0.3, -0.25) is 0 Å². The first kappa shape index (κ1) is 15.6. The molecule has 0 N–H and O–H groups in total. The maximum Gasteiger partial charge on any atom is 0.190 e. The minimum absolute atomic E-state index is 0.339. The summed E-state index contributed by atoms with van der Waals surface area (Å²) in [4.78, 5) is 5.77. The normalized spacial score (nSPS) is 13.3. The monoisotopic (exact) mass is 328 g/mol. The number of ether oxygens (including phenoxy) is 1. The van der Waals surface area contributed by atoms with Gasteiger partial charge in [-0.25, -0.2) is 4.99 Å². The lowest BCUT2D eigenvalue weighted by Crippen LogP contribution is -2.19. The smallest absolute Gasteiger partial charge is 0.190 e. The summed E-state index contributed by atoms with van der Waals surface area (Å²) >= 11 is 1.62. The van der Waals surface area contributed by atoms with Crippen LogP contribution >= 0.6 is 11.3 Å². The van der Waals surface area contributed by atoms with Crippen molar-refractivity contribution in [2.75, 3.05) is 7.11 Å². The van der Waals surface area contributed by atoms with Crippen LogP contribution in [-0.4, -0.2) is 11.7 Å². The lowest BCUT2D eigenvalue weighted by Gasteiger charge is -2.14. The molecule has 3 rings (SSSR count). The van der Waals surface area contributed by atoms with Crippen LogP contribution < -0.4 is 9.54 Å². The van der Waals surface area contributed by atoms with Crippen LogP contribution in [0.2, 0.25) is 0 Å². The number of hydrogen-bond acceptors (Lipinski definition) is 4. The SMILES string of the molecule is CCC(C)n1c(-c2ccco2)csc1=Nc1cccc(OC)c1. The van der Waals surface area contributed by atoms with Crippen LogP contribution in [0.4, 0.5) is 5.69 Å². The van der Waals surface area contributed by atoms with Gasteiger partial charge >= 0.3 is 0 Å². The molecule has 3 aromatic rings. The zero-order valence-electron chi connectivity index (χ0n) is 13.5. The summed E-state index contributed by atoms with van der Waals surface area (Å²) in [7, 11) is 1.67. The fraction of sp³-hybridized carbons (Fsp3) is 0.278. The van der Waals surface area contributed by atoms with E-state index >= 15 is 0 Å². The van der Waals surface area contributed by atoms with E-state index in [4.69, 9.17) is 14.1 Å². The zero-order valence-corrected chi connectivity index (χ0v) is 14.3. The van der Waals surface area contributed by atoms with Gasteiger partial charge in [-0.1, -0.05) is 13.0 Å². The van der Waals surface area contributed by atoms with E-state index in [0.717, 1.165) is 34.1 Å². The molecular formula is C18H20N2O2S. The van der Waals surface area contributed by atoms with Crippen LogP contribution in [0.3, 0.4) is 0 Å². The number of nitrogens with zero attached hydrogens (tertiary/aromatic N) is 2. The third-order valence-corrected chi connectivity index (χ3v) is 4.66. The number of aromatic nitrogens is 1. The highest BCUT2D eigenvalue weighted by Crippen LogP contribution is 2.26. The van der Waals surface area contributed by atoms with Crippen LogP contribution in [0, 0.1) is 0 Å². The van der Waals surface area contributed by atoms with Crippen LogP contribution in [0.25, 0.3) is 11.5 Å². The lowest BCUT2D eigenvalue weighted by molar-refractivity contribution is 0.415. The van der Waals surface area contributed by atoms with E-state index < -0.39 is 0 Å². The minimum Gasteiger partial charge on any atom is -0.497 e. The molecular weight excluding hydrogens is 308 g/mol. The van der Waals surface area contributed by atoms with Gasteiger partial charge in [0.15, 0.2) is 10.6 Å². The molecule has 0 spiro atoms. The van der Waals surface area contributed by atoms with Crippen LogP contribution in [-0.2, 0) is 0 Å². The van der Waals surface area contributed by atoms with Gasteiger partial charge in [-0.2, -0.15) is 0 Å². The Morgan fingerprint density at radius 1 is 1.30 bits per heavy atom. The Morgan fingerprint density at radius 2 is 2.17 bits per heavy atom. The van der Waals surface area contributed by atoms with Crippen LogP contribution in [0.5, 0.6) is 5.75 Å². The first-order valence-electron chi connectivity index (χ1n) is 7.65. The second-order valence-electron chi connectivity index (χ2n) is 5.32. The highest BCUT2D eigenvalue weighted by molar-refractivity contribution is 7.07. The predicted molar refractivity (Wildman–Crippen MR) is 93.2 cm³/mol. The topological polar surface area (TPSA) is 39.7 Å². The number of methoxy groups -OCH3 is 1. The summed E-state index contributed by atoms with van der Waals surface area (Å²) < 4.78 is 13.1. The van der Waals surface area contributed by atoms with Crippen molar-refractivity contribution in [3.8, 4) is 17.2 Å². The Balaban J connectivity index is 2.13. The van der Waals surface area contributed by atoms with Gasteiger partial charge in [0, 0.05) is 17.5 Å². The molecule has 0 aliphatic heterocycles. The Labute approximate surface area is 139 Å². The molecule has 1 atom stereocenters. The van der Waals surface area contributed by atoms with E-state index in [1.54, 1.807) is 24.7 Å². The Morgan fingerprint density at radius 3 is 2.87 bits per heavy atom. The molecule has 0 radical (unpaired) electrons. The van der Waals surface area contributed by atoms with Crippen molar-refractivity contribution < 1.29 is 9.15 Å². The third-order valence-electron chi connectivity index (χ3n) is 3.82. The van der Waals surface area contributed by atoms with Crippen molar-refractivity contribution in [3.63, 3.8) is 0 Å². The summed E-state index contributed by atoms with van der Waals surface area (Å²) in [6, 6.07) is 12.0. The first-order chi connectivity index (χ1) is 11.2. The summed E-state index contributed by atoms with van der Waals surface area (Å²) in [6.07, 6.45) is 2.72. The van der Waals surface area contributed by atoms with Crippen molar-refractivity contribution in [2.45, 2.75) is 26.3 Å². The average molecular weight is 328 g/mol. The van der Waals surface area contributed by atoms with Crippen molar-refractivity contribution in [3.05, 3.63) is 52.8 Å². The standard InChI is InChI=1S/C18H20N2O2S/c1-4-13(2)20-16(17-9-6-10-22-17)12-23-18(20)19-14-7-5-8-15(11-14)21-3/h5-13H,4H2,1-3H3. The number of rotatable bonds is 5. The second kappa shape index (κ2) is 6.87. The number of hydrogen-bond donors (Lipinski definition) is 0. The van der Waals surface area contributed by atoms with Crippen molar-refractivity contribution in [1.82, 2.24) is 4.57 Å². The molecule has 1 unspecified atom stereocenters. The molecule has 4 nitrogen and oxygen atoms in total. The Hall–Kier alpha value is -2.27. The average Bonchev–Trinajstić information content (AvgIpc) is 3.23. The Bertz CT molecular complexity index is 831. The maximum absolute atomic E-state index is 5.58. The summed E-state index contributed by atoms with van der Waals surface area (Å²) in [6.45, 7) is 4.38. The molecule has 0 saturated heterocycles. The molecule has 0 bridgehead atoms. The van der Waals surface area contributed by atoms with Crippen LogP contribution in [0.1, 0.15) is 26.3 Å². The number of furan rings is 1. The van der Waals surface area contributed by atoms with Gasteiger partial charge in [0.05, 0.1) is 24.8 Å². The molecule has 2 aromatic heterocycles. The highest BCUT2D eigenvalue weighted by Gasteiger charge is 2.14. The second-order valence-corrected chi connectivity index (χ2v) is 6.16.